The SMILES string of the molecule is CN1CCCC1CCNC(=O)c1ccccc1N1CCN(C(=O)[C@@H](Cc2ccc(Cl)cc2)NC(=O)C2NCCc3ccccc32)CC1. The Morgan fingerprint density at radius 1 is 0.936 bits per heavy atom. The van der Waals surface area contributed by atoms with Gasteiger partial charge in [-0.25, -0.2) is 0 Å². The van der Waals surface area contributed by atoms with E-state index in [9.17, 15) is 14.4 Å². The number of benzene rings is 3. The first-order valence-corrected chi connectivity index (χ1v) is 17.2. The van der Waals surface area contributed by atoms with E-state index in [0.29, 0.717) is 62.3 Å². The number of rotatable bonds is 10. The van der Waals surface area contributed by atoms with Crippen LogP contribution in [0.3, 0.4) is 0 Å². The first-order chi connectivity index (χ1) is 22.9. The van der Waals surface area contributed by atoms with E-state index in [1.165, 1.54) is 12.8 Å². The van der Waals surface area contributed by atoms with Gasteiger partial charge in [-0.15, -0.1) is 0 Å². The van der Waals surface area contributed by atoms with E-state index >= 15 is 0 Å². The zero-order chi connectivity index (χ0) is 32.8. The molecule has 3 heterocycles. The lowest BCUT2D eigenvalue weighted by Gasteiger charge is -2.38. The van der Waals surface area contributed by atoms with Crippen LogP contribution < -0.4 is 20.9 Å². The van der Waals surface area contributed by atoms with Crippen LogP contribution in [0, 0.1) is 0 Å². The maximum Gasteiger partial charge on any atom is 0.253 e. The lowest BCUT2D eigenvalue weighted by atomic mass is 9.93. The fraction of sp³-hybridized carbons (Fsp3) is 0.432. The summed E-state index contributed by atoms with van der Waals surface area (Å²) >= 11 is 6.13. The average molecular weight is 657 g/mol. The lowest BCUT2D eigenvalue weighted by molar-refractivity contribution is -0.137. The number of carbonyl (C=O) groups excluding carboxylic acids is 3. The molecule has 248 valence electrons. The van der Waals surface area contributed by atoms with Crippen LogP contribution in [-0.2, 0) is 22.4 Å². The third-order valence-corrected chi connectivity index (χ3v) is 10.1. The molecule has 3 atom stereocenters. The smallest absolute Gasteiger partial charge is 0.253 e. The van der Waals surface area contributed by atoms with Gasteiger partial charge in [0.25, 0.3) is 5.91 Å². The first kappa shape index (κ1) is 33.0. The van der Waals surface area contributed by atoms with E-state index in [2.05, 4.69) is 38.9 Å². The second kappa shape index (κ2) is 15.3. The second-order valence-corrected chi connectivity index (χ2v) is 13.3. The molecule has 0 aromatic heterocycles. The van der Waals surface area contributed by atoms with Crippen LogP contribution in [0.1, 0.15) is 52.4 Å². The number of amides is 3. The van der Waals surface area contributed by atoms with Crippen LogP contribution >= 0.6 is 11.6 Å². The van der Waals surface area contributed by atoms with Gasteiger partial charge in [-0.2, -0.15) is 0 Å². The number of fused-ring (bicyclic) bond motifs is 1. The lowest BCUT2D eigenvalue weighted by Crippen LogP contribution is -2.57. The van der Waals surface area contributed by atoms with Gasteiger partial charge >= 0.3 is 0 Å². The summed E-state index contributed by atoms with van der Waals surface area (Å²) in [6, 6.07) is 22.4. The number of nitrogens with zero attached hydrogens (tertiary/aromatic N) is 3. The molecule has 3 aliphatic heterocycles. The summed E-state index contributed by atoms with van der Waals surface area (Å²) in [5, 5.41) is 10.2. The van der Waals surface area contributed by atoms with Crippen LogP contribution in [0.5, 0.6) is 0 Å². The number of likely N-dealkylation sites (tertiary alicyclic amines) is 1. The van der Waals surface area contributed by atoms with Crippen LogP contribution in [0.4, 0.5) is 5.69 Å². The molecule has 2 fully saturated rings. The largest absolute Gasteiger partial charge is 0.367 e. The quantitative estimate of drug-likeness (QED) is 0.307. The van der Waals surface area contributed by atoms with Crippen molar-refractivity contribution in [3.05, 3.63) is 100 Å². The number of hydrogen-bond acceptors (Lipinski definition) is 6. The van der Waals surface area contributed by atoms with E-state index in [0.717, 1.165) is 41.8 Å². The normalized spacial score (nSPS) is 20.4. The van der Waals surface area contributed by atoms with Crippen molar-refractivity contribution in [1.29, 1.82) is 0 Å². The fourth-order valence-corrected chi connectivity index (χ4v) is 7.30. The minimum Gasteiger partial charge on any atom is -0.367 e. The number of piperazine rings is 1. The van der Waals surface area contributed by atoms with Gasteiger partial charge in [0, 0.05) is 62.4 Å². The predicted molar refractivity (Wildman–Crippen MR) is 186 cm³/mol. The van der Waals surface area contributed by atoms with Crippen molar-refractivity contribution in [2.24, 2.45) is 0 Å². The van der Waals surface area contributed by atoms with Gasteiger partial charge in [0.15, 0.2) is 0 Å². The Balaban J connectivity index is 1.11. The van der Waals surface area contributed by atoms with Crippen LogP contribution in [0.15, 0.2) is 72.8 Å². The van der Waals surface area contributed by atoms with Gasteiger partial charge in [0.2, 0.25) is 11.8 Å². The van der Waals surface area contributed by atoms with E-state index in [4.69, 9.17) is 11.6 Å². The number of hydrogen-bond donors (Lipinski definition) is 3. The summed E-state index contributed by atoms with van der Waals surface area (Å²) < 4.78 is 0. The first-order valence-electron chi connectivity index (χ1n) is 16.8. The highest BCUT2D eigenvalue weighted by atomic mass is 35.5. The molecule has 0 bridgehead atoms. The maximum absolute atomic E-state index is 14.1. The highest BCUT2D eigenvalue weighted by Gasteiger charge is 2.33. The van der Waals surface area contributed by atoms with Gasteiger partial charge in [-0.3, -0.25) is 14.4 Å². The predicted octanol–water partition coefficient (Wildman–Crippen LogP) is 3.82. The molecular formula is C37H45ClN6O3. The molecule has 0 spiro atoms. The van der Waals surface area contributed by atoms with E-state index in [1.54, 1.807) is 12.1 Å². The Kier molecular flexibility index (Phi) is 10.8. The van der Waals surface area contributed by atoms with Crippen molar-refractivity contribution in [2.75, 3.05) is 57.8 Å². The molecule has 0 radical (unpaired) electrons. The molecule has 6 rings (SSSR count). The number of nitrogens with one attached hydrogen (secondary N) is 3. The van der Waals surface area contributed by atoms with Crippen molar-refractivity contribution >= 4 is 35.0 Å². The van der Waals surface area contributed by atoms with E-state index in [1.807, 2.05) is 59.5 Å². The Hall–Kier alpha value is -3.92. The topological polar surface area (TPSA) is 97.0 Å². The molecule has 0 saturated carbocycles. The standard InChI is InChI=1S/C37H45ClN6O3/c1-42-20-6-8-29(42)17-19-40-35(45)31-10-4-5-11-33(31)43-21-23-44(24-22-43)37(47)32(25-26-12-14-28(38)15-13-26)41-36(46)34-30-9-3-2-7-27(30)16-18-39-34/h2-5,7,9-15,29,32,34,39H,6,8,16-25H2,1H3,(H,40,45)(H,41,46)/t29?,32-,34?/m1/s1. The Bertz CT molecular complexity index is 1560. The minimum absolute atomic E-state index is 0.0663. The van der Waals surface area contributed by atoms with E-state index in [-0.39, 0.29) is 17.7 Å². The summed E-state index contributed by atoms with van der Waals surface area (Å²) in [6.07, 6.45) is 4.56. The Morgan fingerprint density at radius 3 is 2.45 bits per heavy atom. The van der Waals surface area contributed by atoms with Gasteiger partial charge in [0.05, 0.1) is 5.56 Å². The number of anilines is 1. The molecule has 9 nitrogen and oxygen atoms in total. The molecule has 47 heavy (non-hydrogen) atoms. The Labute approximate surface area is 282 Å². The van der Waals surface area contributed by atoms with Gasteiger partial charge in [0.1, 0.15) is 12.1 Å². The zero-order valence-electron chi connectivity index (χ0n) is 27.1. The third kappa shape index (κ3) is 7.97. The summed E-state index contributed by atoms with van der Waals surface area (Å²) in [5.74, 6) is -0.383. The molecule has 0 aliphatic carbocycles. The molecule has 2 saturated heterocycles. The summed E-state index contributed by atoms with van der Waals surface area (Å²) in [7, 11) is 2.15. The molecule has 3 aromatic carbocycles. The van der Waals surface area contributed by atoms with Crippen molar-refractivity contribution in [2.45, 2.75) is 50.2 Å². The monoisotopic (exact) mass is 656 g/mol. The number of halogens is 1. The molecule has 3 aromatic rings. The van der Waals surface area contributed by atoms with Crippen LogP contribution in [0.25, 0.3) is 0 Å². The molecule has 10 heteroatoms. The molecule has 2 unspecified atom stereocenters. The summed E-state index contributed by atoms with van der Waals surface area (Å²) in [4.78, 5) is 47.4. The summed E-state index contributed by atoms with van der Waals surface area (Å²) in [6.45, 7) is 4.61. The molecule has 3 N–H and O–H groups in total. The van der Waals surface area contributed by atoms with Crippen molar-refractivity contribution in [3.63, 3.8) is 0 Å². The van der Waals surface area contributed by atoms with Gasteiger partial charge in [-0.05, 0) is 80.2 Å². The summed E-state index contributed by atoms with van der Waals surface area (Å²) in [5.41, 5.74) is 4.56. The average Bonchev–Trinajstić information content (AvgIpc) is 3.52. The van der Waals surface area contributed by atoms with Gasteiger partial charge < -0.3 is 30.7 Å². The maximum atomic E-state index is 14.1. The van der Waals surface area contributed by atoms with Gasteiger partial charge in [-0.1, -0.05) is 60.1 Å². The molecule has 3 aliphatic rings. The van der Waals surface area contributed by atoms with Crippen LogP contribution in [0.2, 0.25) is 5.02 Å². The van der Waals surface area contributed by atoms with Crippen molar-refractivity contribution in [3.8, 4) is 0 Å². The highest BCUT2D eigenvalue weighted by molar-refractivity contribution is 6.30. The molecule has 3 amide bonds. The minimum atomic E-state index is -0.733. The zero-order valence-corrected chi connectivity index (χ0v) is 27.8. The second-order valence-electron chi connectivity index (χ2n) is 12.9. The number of carbonyl (C=O) groups is 3. The fourth-order valence-electron chi connectivity index (χ4n) is 7.17. The number of para-hydroxylation sites is 1. The van der Waals surface area contributed by atoms with Crippen molar-refractivity contribution < 1.29 is 14.4 Å². The highest BCUT2D eigenvalue weighted by Crippen LogP contribution is 2.25. The van der Waals surface area contributed by atoms with E-state index < -0.39 is 12.1 Å². The third-order valence-electron chi connectivity index (χ3n) is 9.85. The van der Waals surface area contributed by atoms with Crippen LogP contribution in [-0.4, -0.2) is 92.5 Å². The Morgan fingerprint density at radius 2 is 1.68 bits per heavy atom. The van der Waals surface area contributed by atoms with Crippen molar-refractivity contribution in [1.82, 2.24) is 25.8 Å². The molecular weight excluding hydrogens is 612 g/mol.